The van der Waals surface area contributed by atoms with Crippen molar-refractivity contribution < 1.29 is 4.79 Å². The number of carbonyl (C=O) groups excluding carboxylic acids is 1. The molecule has 0 bridgehead atoms. The Morgan fingerprint density at radius 2 is 1.86 bits per heavy atom. The molecule has 29 heavy (non-hydrogen) atoms. The number of nitrogens with zero attached hydrogens (tertiary/aromatic N) is 4. The number of amides is 1. The van der Waals surface area contributed by atoms with Crippen molar-refractivity contribution >= 4 is 35.8 Å². The van der Waals surface area contributed by atoms with Gasteiger partial charge in [0.25, 0.3) is 0 Å². The van der Waals surface area contributed by atoms with Crippen molar-refractivity contribution in [2.24, 2.45) is 10.9 Å². The van der Waals surface area contributed by atoms with E-state index in [-0.39, 0.29) is 24.0 Å². The van der Waals surface area contributed by atoms with E-state index < -0.39 is 0 Å². The SMILES string of the molecule is CCNC(=NCCN1CCN(C(=O)C2CCC2)CC1)N(C)Cc1ccccc1.I. The van der Waals surface area contributed by atoms with Crippen LogP contribution >= 0.6 is 24.0 Å². The number of rotatable bonds is 7. The summed E-state index contributed by atoms with van der Waals surface area (Å²) in [7, 11) is 2.08. The van der Waals surface area contributed by atoms with E-state index in [1.54, 1.807) is 0 Å². The molecule has 0 spiro atoms. The van der Waals surface area contributed by atoms with Crippen LogP contribution in [0.2, 0.25) is 0 Å². The van der Waals surface area contributed by atoms with Crippen LogP contribution < -0.4 is 5.32 Å². The fourth-order valence-electron chi connectivity index (χ4n) is 3.80. The molecular weight excluding hydrogens is 477 g/mol. The number of piperazine rings is 1. The van der Waals surface area contributed by atoms with Crippen LogP contribution in [-0.4, -0.2) is 79.4 Å². The average molecular weight is 513 g/mol. The van der Waals surface area contributed by atoms with Gasteiger partial charge in [0, 0.05) is 58.8 Å². The Hall–Kier alpha value is -1.35. The topological polar surface area (TPSA) is 51.2 Å². The Morgan fingerprint density at radius 3 is 2.45 bits per heavy atom. The van der Waals surface area contributed by atoms with Crippen molar-refractivity contribution in [2.45, 2.75) is 32.7 Å². The lowest BCUT2D eigenvalue weighted by Gasteiger charge is -2.38. The number of guanidine groups is 1. The van der Waals surface area contributed by atoms with E-state index in [0.29, 0.717) is 11.8 Å². The van der Waals surface area contributed by atoms with Gasteiger partial charge >= 0.3 is 0 Å². The Bertz CT molecular complexity index is 642. The third kappa shape index (κ3) is 7.13. The van der Waals surface area contributed by atoms with Gasteiger partial charge in [0.15, 0.2) is 5.96 Å². The molecule has 1 saturated heterocycles. The van der Waals surface area contributed by atoms with Crippen molar-refractivity contribution in [1.82, 2.24) is 20.0 Å². The third-order valence-electron chi connectivity index (χ3n) is 5.78. The second-order valence-corrected chi connectivity index (χ2v) is 7.87. The zero-order valence-corrected chi connectivity index (χ0v) is 20.2. The molecule has 1 amide bonds. The summed E-state index contributed by atoms with van der Waals surface area (Å²) in [6.45, 7) is 9.19. The summed E-state index contributed by atoms with van der Waals surface area (Å²) in [5.41, 5.74) is 1.28. The Kier molecular flexibility index (Phi) is 10.2. The molecule has 0 radical (unpaired) electrons. The fraction of sp³-hybridized carbons (Fsp3) is 0.636. The van der Waals surface area contributed by atoms with E-state index in [1.807, 2.05) is 6.07 Å². The van der Waals surface area contributed by atoms with Crippen molar-refractivity contribution in [3.05, 3.63) is 35.9 Å². The minimum atomic E-state index is 0. The van der Waals surface area contributed by atoms with Crippen molar-refractivity contribution in [1.29, 1.82) is 0 Å². The molecule has 1 aliphatic carbocycles. The summed E-state index contributed by atoms with van der Waals surface area (Å²) in [6, 6.07) is 10.5. The number of aliphatic imine (C=N–C) groups is 1. The number of hydrogen-bond acceptors (Lipinski definition) is 3. The lowest BCUT2D eigenvalue weighted by molar-refractivity contribution is -0.139. The van der Waals surface area contributed by atoms with Crippen molar-refractivity contribution in [3.63, 3.8) is 0 Å². The van der Waals surface area contributed by atoms with Gasteiger partial charge in [0.05, 0.1) is 6.54 Å². The van der Waals surface area contributed by atoms with Crippen LogP contribution in [-0.2, 0) is 11.3 Å². The number of halogens is 1. The van der Waals surface area contributed by atoms with Crippen molar-refractivity contribution in [3.8, 4) is 0 Å². The van der Waals surface area contributed by atoms with Gasteiger partial charge in [0.2, 0.25) is 5.91 Å². The molecule has 1 N–H and O–H groups in total. The maximum Gasteiger partial charge on any atom is 0.225 e. The van der Waals surface area contributed by atoms with E-state index in [4.69, 9.17) is 4.99 Å². The summed E-state index contributed by atoms with van der Waals surface area (Å²) in [4.78, 5) is 23.8. The standard InChI is InChI=1S/C22H35N5O.HI/c1-3-23-22(25(2)18-19-8-5-4-6-9-19)24-12-13-26-14-16-27(17-15-26)21(28)20-10-7-11-20;/h4-6,8-9,20H,3,7,10-18H2,1-2H3,(H,23,24);1H. The number of nitrogens with one attached hydrogen (secondary N) is 1. The van der Waals surface area contributed by atoms with E-state index in [2.05, 4.69) is 58.3 Å². The molecule has 2 aliphatic rings. The van der Waals surface area contributed by atoms with Crippen LogP contribution in [0, 0.1) is 5.92 Å². The van der Waals surface area contributed by atoms with Crippen LogP contribution in [0.15, 0.2) is 35.3 Å². The van der Waals surface area contributed by atoms with E-state index >= 15 is 0 Å². The molecule has 2 fully saturated rings. The Labute approximate surface area is 192 Å². The maximum atomic E-state index is 12.4. The first-order valence-corrected chi connectivity index (χ1v) is 10.7. The first-order valence-electron chi connectivity index (χ1n) is 10.7. The summed E-state index contributed by atoms with van der Waals surface area (Å²) >= 11 is 0. The van der Waals surface area contributed by atoms with Gasteiger partial charge in [-0.15, -0.1) is 24.0 Å². The number of benzene rings is 1. The molecule has 1 heterocycles. The first kappa shape index (κ1) is 23.9. The molecule has 7 heteroatoms. The quantitative estimate of drug-likeness (QED) is 0.346. The summed E-state index contributed by atoms with van der Waals surface area (Å²) in [5.74, 6) is 1.66. The van der Waals surface area contributed by atoms with Crippen LogP contribution in [0.1, 0.15) is 31.7 Å². The van der Waals surface area contributed by atoms with Gasteiger partial charge in [-0.1, -0.05) is 36.8 Å². The van der Waals surface area contributed by atoms with E-state index in [0.717, 1.165) is 71.2 Å². The fourth-order valence-corrected chi connectivity index (χ4v) is 3.80. The molecule has 1 aliphatic heterocycles. The number of carbonyl (C=O) groups is 1. The van der Waals surface area contributed by atoms with Gasteiger partial charge in [-0.3, -0.25) is 14.7 Å². The molecular formula is C22H36IN5O. The highest BCUT2D eigenvalue weighted by Crippen LogP contribution is 2.28. The van der Waals surface area contributed by atoms with E-state index in [1.165, 1.54) is 12.0 Å². The summed E-state index contributed by atoms with van der Waals surface area (Å²) in [6.07, 6.45) is 3.41. The van der Waals surface area contributed by atoms with E-state index in [9.17, 15) is 4.79 Å². The largest absolute Gasteiger partial charge is 0.357 e. The van der Waals surface area contributed by atoms with Crippen LogP contribution in [0.3, 0.4) is 0 Å². The summed E-state index contributed by atoms with van der Waals surface area (Å²) in [5, 5.41) is 3.39. The van der Waals surface area contributed by atoms with Crippen LogP contribution in [0.4, 0.5) is 0 Å². The Balaban J connectivity index is 0.00000300. The van der Waals surface area contributed by atoms with Gasteiger partial charge < -0.3 is 15.1 Å². The molecule has 0 atom stereocenters. The lowest BCUT2D eigenvalue weighted by Crippen LogP contribution is -2.51. The molecule has 1 aromatic rings. The van der Waals surface area contributed by atoms with Gasteiger partial charge in [-0.05, 0) is 25.3 Å². The second kappa shape index (κ2) is 12.4. The Morgan fingerprint density at radius 1 is 1.17 bits per heavy atom. The van der Waals surface area contributed by atoms with Gasteiger partial charge in [-0.2, -0.15) is 0 Å². The lowest BCUT2D eigenvalue weighted by atomic mass is 9.84. The van der Waals surface area contributed by atoms with Gasteiger partial charge in [-0.25, -0.2) is 0 Å². The number of hydrogen-bond donors (Lipinski definition) is 1. The van der Waals surface area contributed by atoms with Crippen molar-refractivity contribution in [2.75, 3.05) is 52.9 Å². The highest BCUT2D eigenvalue weighted by atomic mass is 127. The third-order valence-corrected chi connectivity index (χ3v) is 5.78. The molecule has 3 rings (SSSR count). The molecule has 162 valence electrons. The predicted molar refractivity (Wildman–Crippen MR) is 130 cm³/mol. The smallest absolute Gasteiger partial charge is 0.225 e. The zero-order valence-electron chi connectivity index (χ0n) is 17.8. The minimum absolute atomic E-state index is 0. The van der Waals surface area contributed by atoms with Crippen LogP contribution in [0.25, 0.3) is 0 Å². The highest BCUT2D eigenvalue weighted by Gasteiger charge is 2.30. The molecule has 1 saturated carbocycles. The maximum absolute atomic E-state index is 12.4. The summed E-state index contributed by atoms with van der Waals surface area (Å²) < 4.78 is 0. The minimum Gasteiger partial charge on any atom is -0.357 e. The van der Waals surface area contributed by atoms with Gasteiger partial charge in [0.1, 0.15) is 0 Å². The first-order chi connectivity index (χ1) is 13.7. The average Bonchev–Trinajstić information content (AvgIpc) is 2.67. The second-order valence-electron chi connectivity index (χ2n) is 7.87. The zero-order chi connectivity index (χ0) is 19.8. The normalized spacial score (nSPS) is 18.0. The predicted octanol–water partition coefficient (Wildman–Crippen LogP) is 2.65. The molecule has 0 unspecified atom stereocenters. The highest BCUT2D eigenvalue weighted by molar-refractivity contribution is 14.0. The van der Waals surface area contributed by atoms with Crippen LogP contribution in [0.5, 0.6) is 0 Å². The molecule has 6 nitrogen and oxygen atoms in total. The molecule has 1 aromatic carbocycles. The monoisotopic (exact) mass is 513 g/mol. The molecule has 0 aromatic heterocycles.